The Morgan fingerprint density at radius 1 is 1.15 bits per heavy atom. The number of hydrogen-bond acceptors (Lipinski definition) is 2. The quantitative estimate of drug-likeness (QED) is 0.590. The summed E-state index contributed by atoms with van der Waals surface area (Å²) in [7, 11) is 0. The first-order chi connectivity index (χ1) is 12.9. The molecule has 0 aliphatic rings. The molecule has 0 aliphatic carbocycles. The number of halogens is 3. The van der Waals surface area contributed by atoms with E-state index in [1.54, 1.807) is 47.2 Å². The van der Waals surface area contributed by atoms with Crippen LogP contribution >= 0.6 is 0 Å². The maximum Gasteiger partial charge on any atom is 0.416 e. The standard InChI is InChI=1S/C20H13F3N3O/c21-20(22,23)12-7-8-14-17(10-12)26(11-13-4-1-2-9-25-13)16-6-3-5-15(18(14)16)19(24)27/h1-7,9-10H,11H2,(H2,24,27). The van der Waals surface area contributed by atoms with Crippen molar-refractivity contribution in [3.8, 4) is 0 Å². The molecule has 27 heavy (non-hydrogen) atoms. The van der Waals surface area contributed by atoms with Crippen LogP contribution in [0.4, 0.5) is 13.2 Å². The predicted octanol–water partition coefficient (Wildman–Crippen LogP) is 4.16. The second-order valence-corrected chi connectivity index (χ2v) is 6.12. The Bertz CT molecular complexity index is 1160. The topological polar surface area (TPSA) is 60.9 Å². The number of nitrogens with zero attached hydrogens (tertiary/aromatic N) is 2. The van der Waals surface area contributed by atoms with E-state index in [4.69, 9.17) is 5.73 Å². The average Bonchev–Trinajstić information content (AvgIpc) is 2.95. The lowest BCUT2D eigenvalue weighted by molar-refractivity contribution is -0.137. The van der Waals surface area contributed by atoms with E-state index in [1.807, 2.05) is 0 Å². The molecule has 0 bridgehead atoms. The van der Waals surface area contributed by atoms with Gasteiger partial charge >= 0.3 is 6.18 Å². The van der Waals surface area contributed by atoms with Crippen molar-refractivity contribution in [2.24, 2.45) is 5.73 Å². The predicted molar refractivity (Wildman–Crippen MR) is 95.1 cm³/mol. The summed E-state index contributed by atoms with van der Waals surface area (Å²) in [4.78, 5) is 16.1. The number of carbonyl (C=O) groups is 1. The number of hydrogen-bond donors (Lipinski definition) is 1. The highest BCUT2D eigenvalue weighted by Gasteiger charge is 2.31. The van der Waals surface area contributed by atoms with E-state index < -0.39 is 17.6 Å². The second kappa shape index (κ2) is 6.12. The Kier molecular flexibility index (Phi) is 3.87. The van der Waals surface area contributed by atoms with Crippen LogP contribution in [-0.2, 0) is 12.7 Å². The molecule has 2 heterocycles. The lowest BCUT2D eigenvalue weighted by Gasteiger charge is -2.09. The highest BCUT2D eigenvalue weighted by Crippen LogP contribution is 2.36. The number of nitrogens with two attached hydrogens (primary N) is 1. The van der Waals surface area contributed by atoms with Gasteiger partial charge in [-0.1, -0.05) is 12.1 Å². The molecule has 0 saturated carbocycles. The summed E-state index contributed by atoms with van der Waals surface area (Å²) >= 11 is 0. The van der Waals surface area contributed by atoms with Crippen molar-refractivity contribution in [2.45, 2.75) is 12.7 Å². The van der Waals surface area contributed by atoms with Crippen LogP contribution in [0.2, 0.25) is 0 Å². The lowest BCUT2D eigenvalue weighted by Crippen LogP contribution is -2.11. The van der Waals surface area contributed by atoms with Gasteiger partial charge in [0.15, 0.2) is 0 Å². The van der Waals surface area contributed by atoms with Gasteiger partial charge in [-0.05, 0) is 42.5 Å². The zero-order valence-electron chi connectivity index (χ0n) is 13.9. The van der Waals surface area contributed by atoms with Crippen LogP contribution in [0, 0.1) is 6.07 Å². The monoisotopic (exact) mass is 368 g/mol. The highest BCUT2D eigenvalue weighted by atomic mass is 19.4. The molecule has 2 aromatic heterocycles. The molecule has 0 atom stereocenters. The van der Waals surface area contributed by atoms with Crippen molar-refractivity contribution in [2.75, 3.05) is 0 Å². The molecule has 0 unspecified atom stereocenters. The molecule has 1 radical (unpaired) electrons. The van der Waals surface area contributed by atoms with Crippen molar-refractivity contribution in [1.82, 2.24) is 9.55 Å². The molecule has 4 rings (SSSR count). The van der Waals surface area contributed by atoms with Gasteiger partial charge in [-0.15, -0.1) is 0 Å². The van der Waals surface area contributed by atoms with Crippen molar-refractivity contribution >= 4 is 27.7 Å². The molecule has 135 valence electrons. The SMILES string of the molecule is NC(=O)c1cccc2c1c1[c]cc(C(F)(F)F)cc1n2Cc1ccccn1. The Morgan fingerprint density at radius 2 is 1.96 bits per heavy atom. The zero-order chi connectivity index (χ0) is 19.2. The first-order valence-electron chi connectivity index (χ1n) is 8.10. The van der Waals surface area contributed by atoms with Gasteiger partial charge in [-0.2, -0.15) is 13.2 Å². The summed E-state index contributed by atoms with van der Waals surface area (Å²) in [6.45, 7) is 0.248. The largest absolute Gasteiger partial charge is 0.416 e. The van der Waals surface area contributed by atoms with E-state index in [-0.39, 0.29) is 12.1 Å². The number of alkyl halides is 3. The minimum absolute atomic E-state index is 0.244. The van der Waals surface area contributed by atoms with Crippen molar-refractivity contribution < 1.29 is 18.0 Å². The maximum atomic E-state index is 13.2. The fraction of sp³-hybridized carbons (Fsp3) is 0.100. The first kappa shape index (κ1) is 17.1. The minimum atomic E-state index is -4.50. The van der Waals surface area contributed by atoms with Crippen LogP contribution in [-0.4, -0.2) is 15.5 Å². The van der Waals surface area contributed by atoms with Crippen LogP contribution in [0.15, 0.2) is 54.7 Å². The molecule has 0 fully saturated rings. The second-order valence-electron chi connectivity index (χ2n) is 6.12. The molecule has 0 saturated heterocycles. The van der Waals surface area contributed by atoms with Gasteiger partial charge in [0.25, 0.3) is 0 Å². The average molecular weight is 368 g/mol. The smallest absolute Gasteiger partial charge is 0.366 e. The molecule has 2 aromatic carbocycles. The minimum Gasteiger partial charge on any atom is -0.366 e. The van der Waals surface area contributed by atoms with E-state index in [2.05, 4.69) is 11.1 Å². The third-order valence-corrected chi connectivity index (χ3v) is 4.43. The van der Waals surface area contributed by atoms with Gasteiger partial charge in [0.2, 0.25) is 5.91 Å². The third-order valence-electron chi connectivity index (χ3n) is 4.43. The van der Waals surface area contributed by atoms with E-state index in [9.17, 15) is 18.0 Å². The van der Waals surface area contributed by atoms with Crippen molar-refractivity contribution in [3.63, 3.8) is 0 Å². The Morgan fingerprint density at radius 3 is 2.63 bits per heavy atom. The number of rotatable bonds is 3. The Balaban J connectivity index is 2.07. The third kappa shape index (κ3) is 2.91. The summed E-state index contributed by atoms with van der Waals surface area (Å²) in [6, 6.07) is 15.0. The molecule has 4 nitrogen and oxygen atoms in total. The van der Waals surface area contributed by atoms with Gasteiger partial charge in [-0.3, -0.25) is 9.78 Å². The van der Waals surface area contributed by atoms with Gasteiger partial charge in [0, 0.05) is 22.5 Å². The number of benzene rings is 2. The lowest BCUT2D eigenvalue weighted by atomic mass is 10.0. The molecule has 0 aliphatic heterocycles. The number of aromatic nitrogens is 2. The molecule has 7 heteroatoms. The van der Waals surface area contributed by atoms with Gasteiger partial charge in [0.1, 0.15) is 0 Å². The number of carbonyl (C=O) groups excluding carboxylic acids is 1. The van der Waals surface area contributed by atoms with E-state index in [0.717, 1.165) is 12.1 Å². The maximum absolute atomic E-state index is 13.2. The summed E-state index contributed by atoms with van der Waals surface area (Å²) in [5, 5.41) is 0.910. The van der Waals surface area contributed by atoms with Gasteiger partial charge < -0.3 is 10.3 Å². The Labute approximate surface area is 152 Å². The number of primary amides is 1. The Hall–Kier alpha value is -3.35. The van der Waals surface area contributed by atoms with E-state index in [1.165, 1.54) is 0 Å². The summed E-state index contributed by atoms with van der Waals surface area (Å²) in [6.07, 6.45) is -2.88. The number of pyridine rings is 1. The van der Waals surface area contributed by atoms with Gasteiger partial charge in [0.05, 0.1) is 28.8 Å². The van der Waals surface area contributed by atoms with Crippen LogP contribution in [0.5, 0.6) is 0 Å². The van der Waals surface area contributed by atoms with E-state index in [0.29, 0.717) is 27.5 Å². The zero-order valence-corrected chi connectivity index (χ0v) is 13.9. The fourth-order valence-electron chi connectivity index (χ4n) is 3.25. The highest BCUT2D eigenvalue weighted by molar-refractivity contribution is 6.17. The first-order valence-corrected chi connectivity index (χ1v) is 8.10. The fourth-order valence-corrected chi connectivity index (χ4v) is 3.25. The van der Waals surface area contributed by atoms with Gasteiger partial charge in [-0.25, -0.2) is 0 Å². The van der Waals surface area contributed by atoms with E-state index >= 15 is 0 Å². The summed E-state index contributed by atoms with van der Waals surface area (Å²) in [5.41, 5.74) is 6.51. The molecule has 4 aromatic rings. The van der Waals surface area contributed by atoms with Crippen LogP contribution in [0.3, 0.4) is 0 Å². The molecule has 0 spiro atoms. The van der Waals surface area contributed by atoms with Crippen molar-refractivity contribution in [1.29, 1.82) is 0 Å². The normalized spacial score (nSPS) is 12.0. The number of fused-ring (bicyclic) bond motifs is 3. The van der Waals surface area contributed by atoms with Crippen LogP contribution < -0.4 is 5.73 Å². The number of amides is 1. The molecule has 1 amide bonds. The summed E-state index contributed by atoms with van der Waals surface area (Å²) in [5.74, 6) is -0.647. The van der Waals surface area contributed by atoms with Crippen molar-refractivity contribution in [3.05, 3.63) is 77.6 Å². The molecular formula is C20H13F3N3O. The van der Waals surface area contributed by atoms with Crippen LogP contribution in [0.1, 0.15) is 21.6 Å². The van der Waals surface area contributed by atoms with Crippen LogP contribution in [0.25, 0.3) is 21.8 Å². The molecule has 2 N–H and O–H groups in total. The summed E-state index contributed by atoms with van der Waals surface area (Å²) < 4.78 is 41.4. The molecular weight excluding hydrogens is 355 g/mol.